The van der Waals surface area contributed by atoms with E-state index in [9.17, 15) is 19.8 Å². The lowest BCUT2D eigenvalue weighted by molar-refractivity contribution is 0.0697. The molecular formula is C25H21N3O4. The van der Waals surface area contributed by atoms with Gasteiger partial charge in [0.15, 0.2) is 0 Å². The number of pyridine rings is 1. The van der Waals surface area contributed by atoms with Gasteiger partial charge in [-0.2, -0.15) is 0 Å². The van der Waals surface area contributed by atoms with Crippen LogP contribution in [0.5, 0.6) is 5.88 Å². The van der Waals surface area contributed by atoms with Crippen molar-refractivity contribution in [2.75, 3.05) is 19.0 Å². The third-order valence-corrected chi connectivity index (χ3v) is 4.97. The third-order valence-electron chi connectivity index (χ3n) is 4.97. The first-order valence-electron chi connectivity index (χ1n) is 9.64. The van der Waals surface area contributed by atoms with Crippen LogP contribution < -0.4 is 10.5 Å². The van der Waals surface area contributed by atoms with Crippen LogP contribution in [0.4, 0.5) is 11.4 Å². The molecule has 0 unspecified atom stereocenters. The highest BCUT2D eigenvalue weighted by Crippen LogP contribution is 2.33. The Morgan fingerprint density at radius 3 is 2.44 bits per heavy atom. The quantitative estimate of drug-likeness (QED) is 0.463. The Balaban J connectivity index is 2.15. The number of aromatic carboxylic acids is 1. The van der Waals surface area contributed by atoms with Crippen molar-refractivity contribution in [1.82, 2.24) is 4.57 Å². The Morgan fingerprint density at radius 2 is 1.84 bits per heavy atom. The van der Waals surface area contributed by atoms with Crippen LogP contribution >= 0.6 is 0 Å². The van der Waals surface area contributed by atoms with Crippen molar-refractivity contribution in [3.63, 3.8) is 0 Å². The number of aromatic hydroxyl groups is 1. The van der Waals surface area contributed by atoms with E-state index in [0.29, 0.717) is 5.56 Å². The van der Waals surface area contributed by atoms with E-state index in [-0.39, 0.29) is 22.5 Å². The van der Waals surface area contributed by atoms with Crippen LogP contribution in [-0.4, -0.2) is 34.8 Å². The molecule has 0 spiro atoms. The largest absolute Gasteiger partial charge is 0.502 e. The number of anilines is 1. The molecule has 0 aliphatic rings. The summed E-state index contributed by atoms with van der Waals surface area (Å²) in [4.78, 5) is 29.8. The first kappa shape index (κ1) is 22.2. The van der Waals surface area contributed by atoms with Crippen LogP contribution in [0.2, 0.25) is 0 Å². The fourth-order valence-corrected chi connectivity index (χ4v) is 3.19. The van der Waals surface area contributed by atoms with Gasteiger partial charge in [0, 0.05) is 25.3 Å². The highest BCUT2D eigenvalue weighted by molar-refractivity contribution is 5.88. The molecule has 2 N–H and O–H groups in total. The summed E-state index contributed by atoms with van der Waals surface area (Å²) >= 11 is 0. The lowest BCUT2D eigenvalue weighted by atomic mass is 10.1. The molecular weight excluding hydrogens is 406 g/mol. The van der Waals surface area contributed by atoms with Gasteiger partial charge in [0.1, 0.15) is 0 Å². The zero-order valence-electron chi connectivity index (χ0n) is 17.8. The van der Waals surface area contributed by atoms with Gasteiger partial charge in [-0.1, -0.05) is 18.2 Å². The second-order valence-corrected chi connectivity index (χ2v) is 7.26. The molecule has 0 amide bonds. The Kier molecular flexibility index (Phi) is 6.29. The molecule has 7 nitrogen and oxygen atoms in total. The Labute approximate surface area is 185 Å². The van der Waals surface area contributed by atoms with E-state index in [4.69, 9.17) is 6.57 Å². The zero-order chi connectivity index (χ0) is 23.4. The number of carboxylic acids is 1. The van der Waals surface area contributed by atoms with E-state index in [1.165, 1.54) is 30.3 Å². The maximum atomic E-state index is 13.2. The lowest BCUT2D eigenvalue weighted by Gasteiger charge is -2.14. The average Bonchev–Trinajstić information content (AvgIpc) is 2.77. The van der Waals surface area contributed by atoms with E-state index >= 15 is 0 Å². The van der Waals surface area contributed by atoms with Gasteiger partial charge in [-0.05, 0) is 60.5 Å². The highest BCUT2D eigenvalue weighted by Gasteiger charge is 2.19. The Morgan fingerprint density at radius 1 is 1.16 bits per heavy atom. The molecule has 0 bridgehead atoms. The van der Waals surface area contributed by atoms with Gasteiger partial charge in [0.25, 0.3) is 5.56 Å². The molecule has 0 atom stereocenters. The molecule has 3 aromatic rings. The van der Waals surface area contributed by atoms with E-state index in [2.05, 4.69) is 10.6 Å². The Bertz CT molecular complexity index is 1350. The number of carboxylic acid groups (broad SMARTS) is 1. The molecule has 0 aliphatic heterocycles. The molecule has 0 aliphatic carbocycles. The van der Waals surface area contributed by atoms with E-state index in [1.54, 1.807) is 13.0 Å². The third kappa shape index (κ3) is 4.31. The van der Waals surface area contributed by atoms with Gasteiger partial charge in [-0.25, -0.2) is 9.64 Å². The molecule has 0 fully saturated rings. The molecule has 3 rings (SSSR count). The summed E-state index contributed by atoms with van der Waals surface area (Å²) in [5, 5.41) is 19.8. The number of hydrogen-bond acceptors (Lipinski definition) is 4. The SMILES string of the molecule is [C-]#[N+]c1c(C)c(C=C=Cc2ccc(N(C)C)cc2)c(=O)n(-c2cccc(C(=O)O)c2)c1O. The van der Waals surface area contributed by atoms with Gasteiger partial charge in [-0.15, -0.1) is 5.73 Å². The average molecular weight is 427 g/mol. The number of nitrogens with zero attached hydrogens (tertiary/aromatic N) is 3. The van der Waals surface area contributed by atoms with Gasteiger partial charge >= 0.3 is 5.97 Å². The van der Waals surface area contributed by atoms with Crippen molar-refractivity contribution in [3.05, 3.63) is 98.3 Å². The number of aromatic nitrogens is 1. The predicted octanol–water partition coefficient (Wildman–Crippen LogP) is 4.49. The fourth-order valence-electron chi connectivity index (χ4n) is 3.19. The summed E-state index contributed by atoms with van der Waals surface area (Å²) in [6.45, 7) is 9.01. The van der Waals surface area contributed by atoms with Gasteiger partial charge < -0.3 is 15.1 Å². The molecule has 2 aromatic carbocycles. The van der Waals surface area contributed by atoms with Crippen LogP contribution in [0, 0.1) is 13.5 Å². The second kappa shape index (κ2) is 9.09. The first-order chi connectivity index (χ1) is 15.2. The van der Waals surface area contributed by atoms with Crippen molar-refractivity contribution < 1.29 is 15.0 Å². The van der Waals surface area contributed by atoms with Crippen LogP contribution in [-0.2, 0) is 0 Å². The van der Waals surface area contributed by atoms with Crippen molar-refractivity contribution >= 4 is 29.5 Å². The maximum Gasteiger partial charge on any atom is 0.335 e. The summed E-state index contributed by atoms with van der Waals surface area (Å²) < 4.78 is 0.937. The highest BCUT2D eigenvalue weighted by atomic mass is 16.4. The van der Waals surface area contributed by atoms with Crippen LogP contribution in [0.3, 0.4) is 0 Å². The number of rotatable bonds is 5. The normalized spacial score (nSPS) is 10.1. The van der Waals surface area contributed by atoms with Crippen molar-refractivity contribution in [1.29, 1.82) is 0 Å². The maximum absolute atomic E-state index is 13.2. The van der Waals surface area contributed by atoms with Crippen LogP contribution in [0.25, 0.3) is 22.7 Å². The number of benzene rings is 2. The first-order valence-corrected chi connectivity index (χ1v) is 9.64. The van der Waals surface area contributed by atoms with Crippen molar-refractivity contribution in [3.8, 4) is 11.6 Å². The van der Waals surface area contributed by atoms with Crippen LogP contribution in [0.15, 0.2) is 59.1 Å². The number of hydrogen-bond donors (Lipinski definition) is 2. The number of carbonyl (C=O) groups is 1. The van der Waals surface area contributed by atoms with Crippen molar-refractivity contribution in [2.45, 2.75) is 6.92 Å². The molecule has 0 radical (unpaired) electrons. The molecule has 32 heavy (non-hydrogen) atoms. The predicted molar refractivity (Wildman–Crippen MR) is 125 cm³/mol. The standard InChI is InChI=1S/C25H21N3O4/c1-16-21(10-5-7-17-11-13-19(14-12-17)27(3)4)23(29)28(24(30)22(16)26-2)20-9-6-8-18(15-20)25(31)32/h6-15,30H,1,3-4H3,(H,31,32). The van der Waals surface area contributed by atoms with Gasteiger partial charge in [0.2, 0.25) is 11.6 Å². The Hall–Kier alpha value is -4.53. The minimum Gasteiger partial charge on any atom is -0.502 e. The topological polar surface area (TPSA) is 87.1 Å². The lowest BCUT2D eigenvalue weighted by Crippen LogP contribution is -2.22. The van der Waals surface area contributed by atoms with E-state index in [1.807, 2.05) is 43.3 Å². The summed E-state index contributed by atoms with van der Waals surface area (Å²) in [6, 6.07) is 13.4. The minimum atomic E-state index is -1.17. The van der Waals surface area contributed by atoms with Crippen molar-refractivity contribution in [2.24, 2.45) is 0 Å². The summed E-state index contributed by atoms with van der Waals surface area (Å²) in [6.07, 6.45) is 3.17. The zero-order valence-corrected chi connectivity index (χ0v) is 17.8. The second-order valence-electron chi connectivity index (χ2n) is 7.26. The van der Waals surface area contributed by atoms with E-state index in [0.717, 1.165) is 15.8 Å². The van der Waals surface area contributed by atoms with Gasteiger partial charge in [-0.3, -0.25) is 9.36 Å². The fraction of sp³-hybridized carbons (Fsp3) is 0.120. The summed E-state index contributed by atoms with van der Waals surface area (Å²) in [5.41, 5.74) is 4.82. The van der Waals surface area contributed by atoms with E-state index < -0.39 is 17.4 Å². The van der Waals surface area contributed by atoms with Crippen LogP contribution in [0.1, 0.15) is 27.0 Å². The summed E-state index contributed by atoms with van der Waals surface area (Å²) in [7, 11) is 3.90. The molecule has 0 saturated heterocycles. The molecule has 0 saturated carbocycles. The molecule has 1 heterocycles. The smallest absolute Gasteiger partial charge is 0.335 e. The minimum absolute atomic E-state index is 0.0445. The van der Waals surface area contributed by atoms with Gasteiger partial charge in [0.05, 0.1) is 17.8 Å². The molecule has 160 valence electrons. The molecule has 1 aromatic heterocycles. The summed E-state index contributed by atoms with van der Waals surface area (Å²) in [5.74, 6) is -1.70. The molecule has 7 heteroatoms. The monoisotopic (exact) mass is 427 g/mol.